The molecule has 2 N–H and O–H groups in total. The number of hydrogen-bond donors (Lipinski definition) is 1. The SMILES string of the molecule is Cc1cccc(C2=C(c3ccc(S(N)(=O)=O)cc3)C(C)(C)COC2=O)c1. The first-order valence-corrected chi connectivity index (χ1v) is 9.76. The van der Waals surface area contributed by atoms with E-state index < -0.39 is 15.4 Å². The first kappa shape index (κ1) is 18.4. The quantitative estimate of drug-likeness (QED) is 0.840. The average molecular weight is 371 g/mol. The highest BCUT2D eigenvalue weighted by Gasteiger charge is 2.37. The lowest BCUT2D eigenvalue weighted by Gasteiger charge is -2.34. The van der Waals surface area contributed by atoms with E-state index in [1.807, 2.05) is 45.0 Å². The molecule has 0 amide bonds. The van der Waals surface area contributed by atoms with Gasteiger partial charge in [0.1, 0.15) is 6.61 Å². The van der Waals surface area contributed by atoms with Crippen LogP contribution in [-0.2, 0) is 19.6 Å². The number of sulfonamides is 1. The molecule has 0 saturated carbocycles. The molecule has 0 unspecified atom stereocenters. The van der Waals surface area contributed by atoms with Crippen LogP contribution in [-0.4, -0.2) is 21.0 Å². The summed E-state index contributed by atoms with van der Waals surface area (Å²) in [6.45, 7) is 6.22. The maximum atomic E-state index is 12.6. The van der Waals surface area contributed by atoms with Gasteiger partial charge in [-0.1, -0.05) is 55.8 Å². The van der Waals surface area contributed by atoms with E-state index in [0.29, 0.717) is 5.57 Å². The molecule has 5 nitrogen and oxygen atoms in total. The molecule has 0 atom stereocenters. The summed E-state index contributed by atoms with van der Waals surface area (Å²) in [6, 6.07) is 14.0. The zero-order valence-corrected chi connectivity index (χ0v) is 15.8. The number of carbonyl (C=O) groups is 1. The molecule has 0 radical (unpaired) electrons. The first-order valence-electron chi connectivity index (χ1n) is 8.22. The monoisotopic (exact) mass is 371 g/mol. The van der Waals surface area contributed by atoms with Crippen LogP contribution in [0.1, 0.15) is 30.5 Å². The zero-order valence-electron chi connectivity index (χ0n) is 14.9. The average Bonchev–Trinajstić information content (AvgIpc) is 2.56. The number of primary sulfonamides is 1. The predicted octanol–water partition coefficient (Wildman–Crippen LogP) is 3.14. The van der Waals surface area contributed by atoms with Crippen molar-refractivity contribution in [3.63, 3.8) is 0 Å². The third-order valence-electron chi connectivity index (χ3n) is 4.47. The summed E-state index contributed by atoms with van der Waals surface area (Å²) < 4.78 is 28.4. The van der Waals surface area contributed by atoms with Gasteiger partial charge in [0.25, 0.3) is 0 Å². The Morgan fingerprint density at radius 3 is 2.27 bits per heavy atom. The molecule has 0 aromatic heterocycles. The van der Waals surface area contributed by atoms with Crippen LogP contribution in [0.3, 0.4) is 0 Å². The van der Waals surface area contributed by atoms with Crippen molar-refractivity contribution in [3.8, 4) is 0 Å². The lowest BCUT2D eigenvalue weighted by atomic mass is 9.75. The van der Waals surface area contributed by atoms with Crippen molar-refractivity contribution < 1.29 is 17.9 Å². The van der Waals surface area contributed by atoms with Gasteiger partial charge in [0, 0.05) is 5.41 Å². The summed E-state index contributed by atoms with van der Waals surface area (Å²) in [5.74, 6) is -0.375. The van der Waals surface area contributed by atoms with E-state index in [2.05, 4.69) is 0 Å². The van der Waals surface area contributed by atoms with Crippen molar-refractivity contribution in [2.45, 2.75) is 25.7 Å². The minimum absolute atomic E-state index is 0.0372. The number of benzene rings is 2. The van der Waals surface area contributed by atoms with Gasteiger partial charge in [-0.05, 0) is 35.8 Å². The Morgan fingerprint density at radius 1 is 1.04 bits per heavy atom. The Hall–Kier alpha value is -2.44. The maximum Gasteiger partial charge on any atom is 0.339 e. The summed E-state index contributed by atoms with van der Waals surface area (Å²) in [7, 11) is -3.77. The molecule has 2 aromatic rings. The molecule has 1 aliphatic heterocycles. The molecule has 0 spiro atoms. The van der Waals surface area contributed by atoms with Gasteiger partial charge in [-0.3, -0.25) is 0 Å². The second kappa shape index (κ2) is 6.37. The molecule has 1 aliphatic rings. The van der Waals surface area contributed by atoms with Crippen LogP contribution in [0.25, 0.3) is 11.1 Å². The third-order valence-corrected chi connectivity index (χ3v) is 5.40. The van der Waals surface area contributed by atoms with Gasteiger partial charge in [0.05, 0.1) is 10.5 Å². The molecule has 2 aromatic carbocycles. The molecule has 0 fully saturated rings. The van der Waals surface area contributed by atoms with Crippen LogP contribution < -0.4 is 5.14 Å². The van der Waals surface area contributed by atoms with E-state index in [4.69, 9.17) is 9.88 Å². The molecular formula is C20H21NO4S. The van der Waals surface area contributed by atoms with Gasteiger partial charge < -0.3 is 4.74 Å². The smallest absolute Gasteiger partial charge is 0.339 e. The number of cyclic esters (lactones) is 1. The van der Waals surface area contributed by atoms with E-state index in [1.165, 1.54) is 12.1 Å². The Labute approximate surface area is 153 Å². The molecule has 3 rings (SSSR count). The largest absolute Gasteiger partial charge is 0.461 e. The number of rotatable bonds is 3. The third kappa shape index (κ3) is 3.43. The van der Waals surface area contributed by atoms with Gasteiger partial charge in [-0.25, -0.2) is 18.4 Å². The topological polar surface area (TPSA) is 86.5 Å². The molecule has 0 aliphatic carbocycles. The van der Waals surface area contributed by atoms with E-state index in [1.54, 1.807) is 12.1 Å². The fourth-order valence-corrected chi connectivity index (χ4v) is 3.76. The van der Waals surface area contributed by atoms with Crippen LogP contribution in [0.2, 0.25) is 0 Å². The van der Waals surface area contributed by atoms with Crippen LogP contribution in [0.4, 0.5) is 0 Å². The van der Waals surface area contributed by atoms with Crippen LogP contribution >= 0.6 is 0 Å². The van der Waals surface area contributed by atoms with Crippen molar-refractivity contribution in [1.29, 1.82) is 0 Å². The molecule has 0 bridgehead atoms. The fourth-order valence-electron chi connectivity index (χ4n) is 3.24. The van der Waals surface area contributed by atoms with Crippen molar-refractivity contribution in [2.24, 2.45) is 10.6 Å². The van der Waals surface area contributed by atoms with Crippen LogP contribution in [0.5, 0.6) is 0 Å². The number of carbonyl (C=O) groups excluding carboxylic acids is 1. The summed E-state index contributed by atoms with van der Waals surface area (Å²) >= 11 is 0. The maximum absolute atomic E-state index is 12.6. The van der Waals surface area contributed by atoms with E-state index in [-0.39, 0.29) is 17.5 Å². The van der Waals surface area contributed by atoms with Gasteiger partial charge in [0.15, 0.2) is 0 Å². The molecule has 1 heterocycles. The van der Waals surface area contributed by atoms with Crippen LogP contribution in [0, 0.1) is 12.3 Å². The standard InChI is InChI=1S/C20H21NO4S/c1-13-5-4-6-15(11-13)17-18(20(2,3)12-25-19(17)22)14-7-9-16(10-8-14)26(21,23)24/h4-11H,12H2,1-3H3,(H2,21,23,24). The van der Waals surface area contributed by atoms with Gasteiger partial charge >= 0.3 is 5.97 Å². The summed E-state index contributed by atoms with van der Waals surface area (Å²) in [4.78, 5) is 12.6. The van der Waals surface area contributed by atoms with Crippen molar-refractivity contribution in [2.75, 3.05) is 6.61 Å². The lowest BCUT2D eigenvalue weighted by Crippen LogP contribution is -2.31. The molecule has 26 heavy (non-hydrogen) atoms. The summed E-state index contributed by atoms with van der Waals surface area (Å²) in [5, 5.41) is 5.18. The number of nitrogens with two attached hydrogens (primary N) is 1. The van der Waals surface area contributed by atoms with Gasteiger partial charge in [-0.2, -0.15) is 0 Å². The van der Waals surface area contributed by atoms with E-state index in [0.717, 1.165) is 22.3 Å². The number of ether oxygens (including phenoxy) is 1. The predicted molar refractivity (Wildman–Crippen MR) is 101 cm³/mol. The van der Waals surface area contributed by atoms with E-state index in [9.17, 15) is 13.2 Å². The number of esters is 1. The Balaban J connectivity index is 2.26. The lowest BCUT2D eigenvalue weighted by molar-refractivity contribution is -0.139. The second-order valence-corrected chi connectivity index (χ2v) is 8.71. The summed E-state index contributed by atoms with van der Waals surface area (Å²) in [5.41, 5.74) is 3.52. The van der Waals surface area contributed by atoms with Crippen LogP contribution in [0.15, 0.2) is 53.4 Å². The van der Waals surface area contributed by atoms with Gasteiger partial charge in [0.2, 0.25) is 10.0 Å². The number of hydrogen-bond acceptors (Lipinski definition) is 4. The molecular weight excluding hydrogens is 350 g/mol. The highest BCUT2D eigenvalue weighted by molar-refractivity contribution is 7.89. The van der Waals surface area contributed by atoms with Crippen molar-refractivity contribution in [3.05, 3.63) is 65.2 Å². The van der Waals surface area contributed by atoms with E-state index >= 15 is 0 Å². The van der Waals surface area contributed by atoms with Crippen molar-refractivity contribution in [1.82, 2.24) is 0 Å². The zero-order chi connectivity index (χ0) is 19.1. The minimum Gasteiger partial charge on any atom is -0.461 e. The van der Waals surface area contributed by atoms with Gasteiger partial charge in [-0.15, -0.1) is 0 Å². The fraction of sp³-hybridized carbons (Fsp3) is 0.250. The highest BCUT2D eigenvalue weighted by Crippen LogP contribution is 2.44. The Kier molecular flexibility index (Phi) is 4.50. The minimum atomic E-state index is -3.77. The second-order valence-electron chi connectivity index (χ2n) is 7.15. The first-order chi connectivity index (χ1) is 12.1. The Morgan fingerprint density at radius 2 is 1.69 bits per heavy atom. The molecule has 136 valence electrons. The normalized spacial score (nSPS) is 17.2. The summed E-state index contributed by atoms with van der Waals surface area (Å²) in [6.07, 6.45) is 0. The molecule has 0 saturated heterocycles. The highest BCUT2D eigenvalue weighted by atomic mass is 32.2. The Bertz CT molecular complexity index is 1000. The number of aryl methyl sites for hydroxylation is 1. The van der Waals surface area contributed by atoms with Crippen molar-refractivity contribution >= 4 is 27.1 Å². The molecule has 6 heteroatoms.